The Bertz CT molecular complexity index is 334. The Labute approximate surface area is 80.3 Å². The highest BCUT2D eigenvalue weighted by atomic mass is 32.2. The van der Waals surface area contributed by atoms with Crippen molar-refractivity contribution in [3.8, 4) is 0 Å². The molecule has 0 nitrogen and oxygen atoms in total. The molecule has 0 saturated heterocycles. The first-order chi connectivity index (χ1) is 6.09. The average Bonchev–Trinajstić information content (AvgIpc) is 2.06. The van der Waals surface area contributed by atoms with Gasteiger partial charge in [0.25, 0.3) is 0 Å². The van der Waals surface area contributed by atoms with Crippen molar-refractivity contribution >= 4 is 11.8 Å². The van der Waals surface area contributed by atoms with E-state index in [1.807, 2.05) is 0 Å². The van der Waals surface area contributed by atoms with Gasteiger partial charge in [0.2, 0.25) is 0 Å². The molecule has 1 aromatic rings. The fourth-order valence-electron chi connectivity index (χ4n) is 1.52. The van der Waals surface area contributed by atoms with E-state index >= 15 is 0 Å². The van der Waals surface area contributed by atoms with E-state index in [2.05, 4.69) is 0 Å². The number of rotatable bonds is 0. The minimum atomic E-state index is -1.36. The standard InChI is InChI=1S/C10H10F2S/c1-10(12)4-5-13-9-3-2-7(11)6-8(9)10/h2-3,6H,4-5H2,1H3. The Hall–Kier alpha value is -0.570. The molecule has 1 aliphatic heterocycles. The summed E-state index contributed by atoms with van der Waals surface area (Å²) >= 11 is 1.59. The fourth-order valence-corrected chi connectivity index (χ4v) is 2.82. The monoisotopic (exact) mass is 200 g/mol. The molecule has 2 rings (SSSR count). The summed E-state index contributed by atoms with van der Waals surface area (Å²) in [6.07, 6.45) is 0.466. The number of thioether (sulfide) groups is 1. The van der Waals surface area contributed by atoms with Gasteiger partial charge in [-0.1, -0.05) is 0 Å². The highest BCUT2D eigenvalue weighted by Gasteiger charge is 2.32. The van der Waals surface area contributed by atoms with E-state index in [9.17, 15) is 8.78 Å². The smallest absolute Gasteiger partial charge is 0.135 e. The summed E-state index contributed by atoms with van der Waals surface area (Å²) in [5.41, 5.74) is -0.855. The topological polar surface area (TPSA) is 0 Å². The van der Waals surface area contributed by atoms with Crippen molar-refractivity contribution in [1.82, 2.24) is 0 Å². The van der Waals surface area contributed by atoms with Crippen LogP contribution >= 0.6 is 11.8 Å². The molecule has 1 heterocycles. The molecule has 0 spiro atoms. The van der Waals surface area contributed by atoms with Crippen LogP contribution in [0.15, 0.2) is 23.1 Å². The summed E-state index contributed by atoms with van der Waals surface area (Å²) in [4.78, 5) is 0.873. The molecule has 1 aliphatic rings. The highest BCUT2D eigenvalue weighted by molar-refractivity contribution is 7.99. The van der Waals surface area contributed by atoms with Gasteiger partial charge in [0.05, 0.1) is 0 Å². The van der Waals surface area contributed by atoms with Crippen LogP contribution < -0.4 is 0 Å². The largest absolute Gasteiger partial charge is 0.239 e. The Morgan fingerprint density at radius 2 is 2.23 bits per heavy atom. The summed E-state index contributed by atoms with van der Waals surface area (Å²) in [7, 11) is 0. The first-order valence-electron chi connectivity index (χ1n) is 4.21. The zero-order valence-corrected chi connectivity index (χ0v) is 8.13. The normalized spacial score (nSPS) is 27.0. The van der Waals surface area contributed by atoms with Crippen LogP contribution in [0.4, 0.5) is 8.78 Å². The molecule has 0 aromatic heterocycles. The first-order valence-corrected chi connectivity index (χ1v) is 5.20. The van der Waals surface area contributed by atoms with E-state index in [0.717, 1.165) is 10.6 Å². The molecule has 13 heavy (non-hydrogen) atoms. The van der Waals surface area contributed by atoms with Gasteiger partial charge in [0.1, 0.15) is 11.5 Å². The third-order valence-electron chi connectivity index (χ3n) is 2.33. The maximum absolute atomic E-state index is 13.9. The third kappa shape index (κ3) is 1.57. The lowest BCUT2D eigenvalue weighted by Gasteiger charge is -2.27. The van der Waals surface area contributed by atoms with Gasteiger partial charge in [-0.25, -0.2) is 8.78 Å². The van der Waals surface area contributed by atoms with E-state index in [4.69, 9.17) is 0 Å². The lowest BCUT2D eigenvalue weighted by atomic mass is 9.94. The summed E-state index contributed by atoms with van der Waals surface area (Å²) in [6, 6.07) is 4.35. The third-order valence-corrected chi connectivity index (χ3v) is 3.41. The van der Waals surface area contributed by atoms with Gasteiger partial charge in [-0.05, 0) is 31.5 Å². The molecule has 1 unspecified atom stereocenters. The Kier molecular flexibility index (Phi) is 2.06. The van der Waals surface area contributed by atoms with Crippen LogP contribution in [0, 0.1) is 5.82 Å². The molecular formula is C10H10F2S. The predicted molar refractivity (Wildman–Crippen MR) is 50.2 cm³/mol. The molecule has 0 aliphatic carbocycles. The molecule has 3 heteroatoms. The van der Waals surface area contributed by atoms with Crippen LogP contribution in [0.1, 0.15) is 18.9 Å². The van der Waals surface area contributed by atoms with Gasteiger partial charge >= 0.3 is 0 Å². The lowest BCUT2D eigenvalue weighted by Crippen LogP contribution is -2.21. The molecule has 0 bridgehead atoms. The van der Waals surface area contributed by atoms with Crippen molar-refractivity contribution in [3.63, 3.8) is 0 Å². The van der Waals surface area contributed by atoms with E-state index in [1.54, 1.807) is 17.8 Å². The molecule has 0 fully saturated rings. The van der Waals surface area contributed by atoms with E-state index in [1.165, 1.54) is 19.1 Å². The van der Waals surface area contributed by atoms with Crippen LogP contribution in [0.2, 0.25) is 0 Å². The van der Waals surface area contributed by atoms with Crippen LogP contribution in [0.25, 0.3) is 0 Å². The number of halogens is 2. The molecular weight excluding hydrogens is 190 g/mol. The van der Waals surface area contributed by atoms with Gasteiger partial charge in [-0.3, -0.25) is 0 Å². The zero-order valence-electron chi connectivity index (χ0n) is 7.31. The molecule has 0 N–H and O–H groups in total. The van der Waals surface area contributed by atoms with Crippen molar-refractivity contribution in [2.75, 3.05) is 5.75 Å². The second-order valence-corrected chi connectivity index (χ2v) is 4.57. The quantitative estimate of drug-likeness (QED) is 0.617. The van der Waals surface area contributed by atoms with Crippen LogP contribution in [0.3, 0.4) is 0 Å². The van der Waals surface area contributed by atoms with Crippen molar-refractivity contribution < 1.29 is 8.78 Å². The maximum atomic E-state index is 13.9. The predicted octanol–water partition coefficient (Wildman–Crippen LogP) is 3.51. The lowest BCUT2D eigenvalue weighted by molar-refractivity contribution is 0.180. The maximum Gasteiger partial charge on any atom is 0.135 e. The molecule has 1 atom stereocenters. The highest BCUT2D eigenvalue weighted by Crippen LogP contribution is 2.42. The summed E-state index contributed by atoms with van der Waals surface area (Å²) in [5.74, 6) is 0.413. The van der Waals surface area contributed by atoms with Gasteiger partial charge < -0.3 is 0 Å². The number of benzene rings is 1. The van der Waals surface area contributed by atoms with Crippen molar-refractivity contribution in [2.45, 2.75) is 23.9 Å². The second-order valence-electron chi connectivity index (χ2n) is 3.44. The van der Waals surface area contributed by atoms with Crippen LogP contribution in [-0.4, -0.2) is 5.75 Å². The Morgan fingerprint density at radius 1 is 1.46 bits per heavy atom. The van der Waals surface area contributed by atoms with Crippen LogP contribution in [0.5, 0.6) is 0 Å². The van der Waals surface area contributed by atoms with E-state index in [0.29, 0.717) is 12.0 Å². The minimum Gasteiger partial charge on any atom is -0.239 e. The van der Waals surface area contributed by atoms with Gasteiger partial charge in [-0.2, -0.15) is 0 Å². The van der Waals surface area contributed by atoms with Crippen LogP contribution in [-0.2, 0) is 5.67 Å². The summed E-state index contributed by atoms with van der Waals surface area (Å²) < 4.78 is 26.7. The Morgan fingerprint density at radius 3 is 3.00 bits per heavy atom. The van der Waals surface area contributed by atoms with Crippen molar-refractivity contribution in [1.29, 1.82) is 0 Å². The van der Waals surface area contributed by atoms with Gasteiger partial charge in [0.15, 0.2) is 0 Å². The Balaban J connectivity index is 2.55. The second kappa shape index (κ2) is 2.98. The number of alkyl halides is 1. The van der Waals surface area contributed by atoms with E-state index < -0.39 is 5.67 Å². The van der Waals surface area contributed by atoms with Crippen molar-refractivity contribution in [3.05, 3.63) is 29.6 Å². The molecule has 0 radical (unpaired) electrons. The van der Waals surface area contributed by atoms with E-state index in [-0.39, 0.29) is 5.82 Å². The molecule has 1 aromatic carbocycles. The first kappa shape index (κ1) is 9.00. The average molecular weight is 200 g/mol. The minimum absolute atomic E-state index is 0.356. The fraction of sp³-hybridized carbons (Fsp3) is 0.400. The van der Waals surface area contributed by atoms with Crippen molar-refractivity contribution in [2.24, 2.45) is 0 Å². The number of fused-ring (bicyclic) bond motifs is 1. The molecule has 0 amide bonds. The van der Waals surface area contributed by atoms with Gasteiger partial charge in [0, 0.05) is 16.2 Å². The van der Waals surface area contributed by atoms with Gasteiger partial charge in [-0.15, -0.1) is 11.8 Å². The SMILES string of the molecule is CC1(F)CCSc2ccc(F)cc21. The summed E-state index contributed by atoms with van der Waals surface area (Å²) in [6.45, 7) is 1.52. The zero-order chi connectivity index (χ0) is 9.47. The molecule has 0 saturated carbocycles. The number of hydrogen-bond donors (Lipinski definition) is 0. The number of hydrogen-bond acceptors (Lipinski definition) is 1. The molecule has 70 valence electrons. The summed E-state index contributed by atoms with van der Waals surface area (Å²) in [5, 5.41) is 0.